The fourth-order valence-electron chi connectivity index (χ4n) is 0.545. The van der Waals surface area contributed by atoms with Crippen molar-refractivity contribution in [3.63, 3.8) is 0 Å². The fraction of sp³-hybridized carbons (Fsp3) is 0.143. The van der Waals surface area contributed by atoms with E-state index in [1.54, 1.807) is 12.1 Å². The topological polar surface area (TPSA) is 20.2 Å². The van der Waals surface area contributed by atoms with Gasteiger partial charge in [-0.3, -0.25) is 0 Å². The van der Waals surface area contributed by atoms with E-state index >= 15 is 0 Å². The summed E-state index contributed by atoms with van der Waals surface area (Å²) in [5.41, 5.74) is 1.17. The molecule has 1 N–H and O–H groups in total. The van der Waals surface area contributed by atoms with Crippen LogP contribution in [0.25, 0.3) is 0 Å². The minimum absolute atomic E-state index is 0. The van der Waals surface area contributed by atoms with Gasteiger partial charge >= 0.3 is 48.9 Å². The first kappa shape index (κ1) is 9.59. The SMILES string of the molecule is Cc1ccc(O)cc1.[Ba+2].[H-].[H-]. The largest absolute Gasteiger partial charge is 2.00 e. The van der Waals surface area contributed by atoms with Crippen molar-refractivity contribution in [3.05, 3.63) is 29.8 Å². The van der Waals surface area contributed by atoms with Crippen molar-refractivity contribution in [3.8, 4) is 5.75 Å². The maximum Gasteiger partial charge on any atom is 2.00 e. The Labute approximate surface area is 98.1 Å². The molecule has 0 saturated carbocycles. The molecule has 0 spiro atoms. The number of rotatable bonds is 0. The molecule has 9 heavy (non-hydrogen) atoms. The normalized spacial score (nSPS) is 8.11. The van der Waals surface area contributed by atoms with Gasteiger partial charge in [-0.05, 0) is 19.1 Å². The second kappa shape index (κ2) is 4.41. The molecule has 1 rings (SSSR count). The van der Waals surface area contributed by atoms with Crippen molar-refractivity contribution in [1.82, 2.24) is 0 Å². The summed E-state index contributed by atoms with van der Waals surface area (Å²) in [6, 6.07) is 7.09. The molecule has 0 saturated heterocycles. The molecule has 1 aromatic rings. The smallest absolute Gasteiger partial charge is 1.00 e. The zero-order chi connectivity index (χ0) is 5.98. The molecule has 2 heteroatoms. The Morgan fingerprint density at radius 1 is 1.22 bits per heavy atom. The molecule has 0 aromatic heterocycles. The monoisotopic (exact) mass is 248 g/mol. The van der Waals surface area contributed by atoms with Crippen molar-refractivity contribution in [2.24, 2.45) is 0 Å². The van der Waals surface area contributed by atoms with Crippen LogP contribution < -0.4 is 0 Å². The maximum atomic E-state index is 8.76. The third kappa shape index (κ3) is 3.33. The summed E-state index contributed by atoms with van der Waals surface area (Å²) in [7, 11) is 0. The second-order valence-electron chi connectivity index (χ2n) is 1.84. The predicted molar refractivity (Wildman–Crippen MR) is 40.8 cm³/mol. The van der Waals surface area contributed by atoms with Gasteiger partial charge in [0.05, 0.1) is 0 Å². The van der Waals surface area contributed by atoms with Crippen LogP contribution in [0.1, 0.15) is 8.42 Å². The van der Waals surface area contributed by atoms with Crippen LogP contribution in [0, 0.1) is 6.92 Å². The summed E-state index contributed by atoms with van der Waals surface area (Å²) in [6.45, 7) is 1.99. The van der Waals surface area contributed by atoms with E-state index < -0.39 is 0 Å². The van der Waals surface area contributed by atoms with Crippen molar-refractivity contribution in [2.75, 3.05) is 0 Å². The van der Waals surface area contributed by atoms with Crippen molar-refractivity contribution in [1.29, 1.82) is 0 Å². The van der Waals surface area contributed by atoms with Gasteiger partial charge in [-0.15, -0.1) is 0 Å². The minimum atomic E-state index is 0. The number of benzene rings is 1. The van der Waals surface area contributed by atoms with E-state index in [1.807, 2.05) is 19.1 Å². The van der Waals surface area contributed by atoms with Gasteiger partial charge in [0, 0.05) is 0 Å². The first-order chi connectivity index (χ1) is 3.79. The second-order valence-corrected chi connectivity index (χ2v) is 1.84. The van der Waals surface area contributed by atoms with Crippen LogP contribution in [0.3, 0.4) is 0 Å². The quantitative estimate of drug-likeness (QED) is 0.690. The van der Waals surface area contributed by atoms with E-state index in [2.05, 4.69) is 0 Å². The van der Waals surface area contributed by atoms with E-state index in [4.69, 9.17) is 5.11 Å². The first-order valence-electron chi connectivity index (χ1n) is 2.54. The van der Waals surface area contributed by atoms with E-state index in [0.29, 0.717) is 5.75 Å². The maximum absolute atomic E-state index is 8.76. The van der Waals surface area contributed by atoms with E-state index in [0.717, 1.165) is 0 Å². The van der Waals surface area contributed by atoms with Crippen molar-refractivity contribution < 1.29 is 7.96 Å². The van der Waals surface area contributed by atoms with Gasteiger partial charge in [-0.1, -0.05) is 17.7 Å². The predicted octanol–water partition coefficient (Wildman–Crippen LogP) is 1.54. The van der Waals surface area contributed by atoms with Gasteiger partial charge in [-0.25, -0.2) is 0 Å². The zero-order valence-corrected chi connectivity index (χ0v) is 9.90. The van der Waals surface area contributed by atoms with Crippen molar-refractivity contribution in [2.45, 2.75) is 6.92 Å². The molecule has 0 aliphatic rings. The number of aryl methyl sites for hydroxylation is 1. The molecule has 0 aliphatic heterocycles. The summed E-state index contributed by atoms with van der Waals surface area (Å²) in [4.78, 5) is 0. The Hall–Kier alpha value is 0.591. The summed E-state index contributed by atoms with van der Waals surface area (Å²) >= 11 is 0. The molecule has 1 nitrogen and oxygen atoms in total. The summed E-state index contributed by atoms with van der Waals surface area (Å²) in [5.74, 6) is 0.329. The molecule has 0 aliphatic carbocycles. The molecule has 0 atom stereocenters. The minimum Gasteiger partial charge on any atom is -1.00 e. The van der Waals surface area contributed by atoms with Gasteiger partial charge in [0.25, 0.3) is 0 Å². The number of phenols is 1. The Bertz CT molecular complexity index is 155. The summed E-state index contributed by atoms with van der Waals surface area (Å²) < 4.78 is 0. The van der Waals surface area contributed by atoms with Crippen LogP contribution in [0.4, 0.5) is 0 Å². The van der Waals surface area contributed by atoms with Gasteiger partial charge < -0.3 is 7.96 Å². The third-order valence-corrected chi connectivity index (χ3v) is 1.03. The fourth-order valence-corrected chi connectivity index (χ4v) is 0.545. The van der Waals surface area contributed by atoms with Crippen LogP contribution in [0.15, 0.2) is 24.3 Å². The van der Waals surface area contributed by atoms with Crippen molar-refractivity contribution >= 4 is 48.9 Å². The van der Waals surface area contributed by atoms with Crippen LogP contribution in [-0.2, 0) is 0 Å². The summed E-state index contributed by atoms with van der Waals surface area (Å²) in [5, 5.41) is 8.76. The summed E-state index contributed by atoms with van der Waals surface area (Å²) in [6.07, 6.45) is 0. The van der Waals surface area contributed by atoms with Crippen LogP contribution in [-0.4, -0.2) is 54.0 Å². The van der Waals surface area contributed by atoms with Crippen LogP contribution in [0.5, 0.6) is 5.75 Å². The number of hydrogen-bond donors (Lipinski definition) is 1. The Morgan fingerprint density at radius 3 is 2.00 bits per heavy atom. The molecule has 0 radical (unpaired) electrons. The number of phenolic OH excluding ortho intramolecular Hbond substituents is 1. The molecule has 0 fully saturated rings. The zero-order valence-electron chi connectivity index (χ0n) is 7.46. The molecule has 0 heterocycles. The van der Waals surface area contributed by atoms with Crippen LogP contribution >= 0.6 is 0 Å². The molecule has 1 aromatic carbocycles. The van der Waals surface area contributed by atoms with E-state index in [9.17, 15) is 0 Å². The van der Waals surface area contributed by atoms with Gasteiger partial charge in [0.1, 0.15) is 5.75 Å². The van der Waals surface area contributed by atoms with Crippen LogP contribution in [0.2, 0.25) is 0 Å². The number of aromatic hydroxyl groups is 1. The Kier molecular flexibility index (Phi) is 4.70. The third-order valence-electron chi connectivity index (χ3n) is 1.03. The molecular formula is C7H10BaO. The Morgan fingerprint density at radius 2 is 1.67 bits per heavy atom. The average Bonchev–Trinajstić information content (AvgIpc) is 1.77. The average molecular weight is 247 g/mol. The molecular weight excluding hydrogens is 237 g/mol. The van der Waals surface area contributed by atoms with Gasteiger partial charge in [0.2, 0.25) is 0 Å². The van der Waals surface area contributed by atoms with E-state index in [-0.39, 0.29) is 51.7 Å². The standard InChI is InChI=1S/C7H8O.Ba.2H/c1-6-2-4-7(8)5-3-6;;;/h2-5,8H,1H3;;;/q;+2;2*-1. The van der Waals surface area contributed by atoms with Gasteiger partial charge in [-0.2, -0.15) is 0 Å². The molecule has 0 amide bonds. The number of hydrogen-bond acceptors (Lipinski definition) is 1. The van der Waals surface area contributed by atoms with E-state index in [1.165, 1.54) is 5.56 Å². The molecule has 0 bridgehead atoms. The molecule has 46 valence electrons. The molecule has 0 unspecified atom stereocenters. The Balaban J connectivity index is -0.000000213. The van der Waals surface area contributed by atoms with Gasteiger partial charge in [0.15, 0.2) is 0 Å². The first-order valence-corrected chi connectivity index (χ1v) is 2.54.